The highest BCUT2D eigenvalue weighted by atomic mass is 16.2. The first-order chi connectivity index (χ1) is 10.2. The van der Waals surface area contributed by atoms with E-state index >= 15 is 0 Å². The Kier molecular flexibility index (Phi) is 3.68. The van der Waals surface area contributed by atoms with Crippen molar-refractivity contribution >= 4 is 11.8 Å². The van der Waals surface area contributed by atoms with Crippen molar-refractivity contribution in [2.75, 3.05) is 19.6 Å². The van der Waals surface area contributed by atoms with Crippen LogP contribution in [-0.2, 0) is 4.79 Å². The zero-order valence-corrected chi connectivity index (χ0v) is 11.5. The number of carbonyl (C=O) groups is 2. The maximum absolute atomic E-state index is 12.4. The third-order valence-corrected chi connectivity index (χ3v) is 3.48. The molecule has 1 saturated heterocycles. The largest absolute Gasteiger partial charge is 0.354 e. The number of H-pyrrole nitrogens is 1. The summed E-state index contributed by atoms with van der Waals surface area (Å²) >= 11 is 0. The van der Waals surface area contributed by atoms with Crippen LogP contribution >= 0.6 is 0 Å². The van der Waals surface area contributed by atoms with Gasteiger partial charge in [-0.25, -0.2) is 0 Å². The molecule has 3 rings (SSSR count). The summed E-state index contributed by atoms with van der Waals surface area (Å²) < 4.78 is 0. The second kappa shape index (κ2) is 5.78. The van der Waals surface area contributed by atoms with E-state index in [2.05, 4.69) is 15.5 Å². The van der Waals surface area contributed by atoms with Crippen LogP contribution in [0.25, 0.3) is 11.3 Å². The van der Waals surface area contributed by atoms with Crippen LogP contribution in [-0.4, -0.2) is 46.5 Å². The third-order valence-electron chi connectivity index (χ3n) is 3.48. The van der Waals surface area contributed by atoms with Gasteiger partial charge in [-0.1, -0.05) is 30.3 Å². The van der Waals surface area contributed by atoms with Gasteiger partial charge < -0.3 is 10.2 Å². The van der Waals surface area contributed by atoms with Crippen LogP contribution in [0.3, 0.4) is 0 Å². The summed E-state index contributed by atoms with van der Waals surface area (Å²) in [7, 11) is 0. The molecule has 2 heterocycles. The van der Waals surface area contributed by atoms with E-state index < -0.39 is 0 Å². The first-order valence-corrected chi connectivity index (χ1v) is 6.91. The van der Waals surface area contributed by atoms with Crippen molar-refractivity contribution in [3.63, 3.8) is 0 Å². The summed E-state index contributed by atoms with van der Waals surface area (Å²) in [6.07, 6.45) is 0.339. The minimum Gasteiger partial charge on any atom is -0.354 e. The molecule has 2 aromatic rings. The number of nitrogens with one attached hydrogen (secondary N) is 2. The van der Waals surface area contributed by atoms with Crippen molar-refractivity contribution in [3.05, 3.63) is 42.1 Å². The van der Waals surface area contributed by atoms with Crippen molar-refractivity contribution < 1.29 is 9.59 Å². The summed E-state index contributed by atoms with van der Waals surface area (Å²) in [4.78, 5) is 25.4. The van der Waals surface area contributed by atoms with Gasteiger partial charge in [0.05, 0.1) is 5.69 Å². The van der Waals surface area contributed by atoms with Crippen LogP contribution in [0.1, 0.15) is 16.9 Å². The molecule has 0 aliphatic carbocycles. The van der Waals surface area contributed by atoms with E-state index in [4.69, 9.17) is 0 Å². The number of nitrogens with zero attached hydrogens (tertiary/aromatic N) is 2. The van der Waals surface area contributed by atoms with Gasteiger partial charge in [0.2, 0.25) is 5.91 Å². The lowest BCUT2D eigenvalue weighted by Gasteiger charge is -2.18. The number of aromatic nitrogens is 2. The number of hydrogen-bond acceptors (Lipinski definition) is 3. The number of benzene rings is 1. The Balaban J connectivity index is 1.76. The molecule has 2 amide bonds. The highest BCUT2D eigenvalue weighted by molar-refractivity contribution is 5.94. The maximum Gasteiger partial charge on any atom is 0.271 e. The second-order valence-corrected chi connectivity index (χ2v) is 4.93. The van der Waals surface area contributed by atoms with Crippen LogP contribution in [0.4, 0.5) is 0 Å². The molecule has 6 heteroatoms. The van der Waals surface area contributed by atoms with E-state index in [1.165, 1.54) is 0 Å². The number of rotatable bonds is 2. The molecule has 0 atom stereocenters. The number of amides is 2. The summed E-state index contributed by atoms with van der Waals surface area (Å²) in [6, 6.07) is 11.4. The molecule has 2 N–H and O–H groups in total. The molecule has 0 unspecified atom stereocenters. The molecule has 0 saturated carbocycles. The average Bonchev–Trinajstić information content (AvgIpc) is 2.91. The molecule has 21 heavy (non-hydrogen) atoms. The number of carbonyl (C=O) groups excluding carboxylic acids is 2. The molecule has 6 nitrogen and oxygen atoms in total. The minimum absolute atomic E-state index is 0.0140. The second-order valence-electron chi connectivity index (χ2n) is 4.93. The summed E-state index contributed by atoms with van der Waals surface area (Å²) in [6.45, 7) is 1.44. The number of hydrogen-bond donors (Lipinski definition) is 2. The fraction of sp³-hybridized carbons (Fsp3) is 0.267. The normalized spacial score (nSPS) is 15.4. The Morgan fingerprint density at radius 1 is 1.19 bits per heavy atom. The van der Waals surface area contributed by atoms with E-state index in [1.54, 1.807) is 11.0 Å². The Labute approximate surface area is 122 Å². The van der Waals surface area contributed by atoms with E-state index in [-0.39, 0.29) is 11.8 Å². The maximum atomic E-state index is 12.4. The van der Waals surface area contributed by atoms with Crippen LogP contribution in [0.2, 0.25) is 0 Å². The highest BCUT2D eigenvalue weighted by Gasteiger charge is 2.21. The van der Waals surface area contributed by atoms with Crippen LogP contribution < -0.4 is 5.32 Å². The predicted molar refractivity (Wildman–Crippen MR) is 77.6 cm³/mol. The molecule has 108 valence electrons. The average molecular weight is 284 g/mol. The smallest absolute Gasteiger partial charge is 0.271 e. The van der Waals surface area contributed by atoms with Crippen molar-refractivity contribution in [2.24, 2.45) is 0 Å². The van der Waals surface area contributed by atoms with Crippen LogP contribution in [0.15, 0.2) is 36.4 Å². The van der Waals surface area contributed by atoms with E-state index in [0.717, 1.165) is 11.3 Å². The minimum atomic E-state index is -0.124. The molecular weight excluding hydrogens is 268 g/mol. The lowest BCUT2D eigenvalue weighted by Crippen LogP contribution is -2.34. The van der Waals surface area contributed by atoms with E-state index in [9.17, 15) is 9.59 Å². The van der Waals surface area contributed by atoms with Crippen molar-refractivity contribution in [2.45, 2.75) is 6.42 Å². The SMILES string of the molecule is O=C1CCN(C(=O)c2cc(-c3ccccc3)n[nH]2)CCN1. The predicted octanol–water partition coefficient (Wildman–Crippen LogP) is 1.04. The summed E-state index contributed by atoms with van der Waals surface area (Å²) in [5, 5.41) is 9.73. The van der Waals surface area contributed by atoms with E-state index in [0.29, 0.717) is 31.7 Å². The molecular formula is C15H16N4O2. The Morgan fingerprint density at radius 2 is 2.00 bits per heavy atom. The Hall–Kier alpha value is -2.63. The highest BCUT2D eigenvalue weighted by Crippen LogP contribution is 2.17. The molecule has 1 aromatic heterocycles. The van der Waals surface area contributed by atoms with Gasteiger partial charge in [-0.3, -0.25) is 14.7 Å². The fourth-order valence-electron chi connectivity index (χ4n) is 2.33. The lowest BCUT2D eigenvalue weighted by atomic mass is 10.1. The Bertz CT molecular complexity index is 651. The quantitative estimate of drug-likeness (QED) is 0.865. The standard InChI is InChI=1S/C15H16N4O2/c20-14-6-8-19(9-7-16-14)15(21)13-10-12(17-18-13)11-4-2-1-3-5-11/h1-5,10H,6-9H2,(H,16,20)(H,17,18). The van der Waals surface area contributed by atoms with Crippen molar-refractivity contribution in [3.8, 4) is 11.3 Å². The molecule has 0 bridgehead atoms. The van der Waals surface area contributed by atoms with Crippen LogP contribution in [0, 0.1) is 0 Å². The molecule has 1 fully saturated rings. The van der Waals surface area contributed by atoms with Gasteiger partial charge in [0.25, 0.3) is 5.91 Å². The molecule has 1 aliphatic heterocycles. The van der Waals surface area contributed by atoms with Gasteiger partial charge in [0.1, 0.15) is 5.69 Å². The van der Waals surface area contributed by atoms with E-state index in [1.807, 2.05) is 30.3 Å². The van der Waals surface area contributed by atoms with Gasteiger partial charge in [-0.15, -0.1) is 0 Å². The number of aromatic amines is 1. The molecule has 1 aliphatic rings. The van der Waals surface area contributed by atoms with Gasteiger partial charge in [0.15, 0.2) is 0 Å². The van der Waals surface area contributed by atoms with Gasteiger partial charge in [-0.2, -0.15) is 5.10 Å². The van der Waals surface area contributed by atoms with Crippen molar-refractivity contribution in [1.29, 1.82) is 0 Å². The monoisotopic (exact) mass is 284 g/mol. The fourth-order valence-corrected chi connectivity index (χ4v) is 2.33. The first kappa shape index (κ1) is 13.4. The first-order valence-electron chi connectivity index (χ1n) is 6.91. The molecule has 1 aromatic carbocycles. The molecule has 0 radical (unpaired) electrons. The summed E-state index contributed by atoms with van der Waals surface area (Å²) in [5.74, 6) is -0.138. The molecule has 0 spiro atoms. The zero-order chi connectivity index (χ0) is 14.7. The lowest BCUT2D eigenvalue weighted by molar-refractivity contribution is -0.120. The zero-order valence-electron chi connectivity index (χ0n) is 11.5. The van der Waals surface area contributed by atoms with Gasteiger partial charge in [-0.05, 0) is 6.07 Å². The van der Waals surface area contributed by atoms with Gasteiger partial charge >= 0.3 is 0 Å². The van der Waals surface area contributed by atoms with Crippen molar-refractivity contribution in [1.82, 2.24) is 20.4 Å². The van der Waals surface area contributed by atoms with Gasteiger partial charge in [0, 0.05) is 31.6 Å². The summed E-state index contributed by atoms with van der Waals surface area (Å²) in [5.41, 5.74) is 2.15. The Morgan fingerprint density at radius 3 is 2.81 bits per heavy atom. The third kappa shape index (κ3) is 2.94. The van der Waals surface area contributed by atoms with Crippen LogP contribution in [0.5, 0.6) is 0 Å². The topological polar surface area (TPSA) is 78.1 Å².